The Hall–Kier alpha value is -2.12. The molecule has 1 amide bonds. The molecule has 2 N–H and O–H groups in total. The summed E-state index contributed by atoms with van der Waals surface area (Å²) in [5.74, 6) is -1.02. The number of carbonyl (C=O) groups excluding carboxylic acids is 1. The molecular weight excluding hydrogens is 398 g/mol. The molecule has 0 aliphatic heterocycles. The van der Waals surface area contributed by atoms with Crippen molar-refractivity contribution < 1.29 is 28.9 Å². The topological polar surface area (TPSA) is 94.1 Å². The Morgan fingerprint density at radius 3 is 2.23 bits per heavy atom. The smallest absolute Gasteiger partial charge is 0.407 e. The maximum Gasteiger partial charge on any atom is 0.407 e. The standard InChI is InChI=1S/C24H39NO6/c1-23(2,3)20(21(26)27)30-17-19(25-22(28)31-24(4,5)6)14-10-11-15-29-16-18-12-8-7-9-13-18/h7-9,12-13,19-20H,10-11,14-17H2,1-6H3,(H,25,28)(H,26,27)/t19-,20?/m0/s1. The summed E-state index contributed by atoms with van der Waals surface area (Å²) in [6.45, 7) is 12.1. The number of aliphatic carboxylic acids is 1. The molecule has 0 saturated carbocycles. The second-order valence-corrected chi connectivity index (χ2v) is 9.79. The van der Waals surface area contributed by atoms with Crippen molar-refractivity contribution in [2.45, 2.75) is 85.2 Å². The number of rotatable bonds is 12. The van der Waals surface area contributed by atoms with Crippen LogP contribution in [-0.4, -0.2) is 48.1 Å². The molecule has 0 heterocycles. The van der Waals surface area contributed by atoms with E-state index >= 15 is 0 Å². The molecule has 0 saturated heterocycles. The van der Waals surface area contributed by atoms with Crippen molar-refractivity contribution in [2.24, 2.45) is 5.41 Å². The predicted molar refractivity (Wildman–Crippen MR) is 120 cm³/mol. The van der Waals surface area contributed by atoms with Crippen LogP contribution < -0.4 is 5.32 Å². The molecule has 176 valence electrons. The highest BCUT2D eigenvalue weighted by atomic mass is 16.6. The Balaban J connectivity index is 2.52. The van der Waals surface area contributed by atoms with Gasteiger partial charge in [-0.3, -0.25) is 0 Å². The molecule has 0 aliphatic carbocycles. The minimum Gasteiger partial charge on any atom is -0.479 e. The Morgan fingerprint density at radius 1 is 1.03 bits per heavy atom. The van der Waals surface area contributed by atoms with Crippen LogP contribution in [0.1, 0.15) is 66.4 Å². The van der Waals surface area contributed by atoms with Crippen molar-refractivity contribution in [1.29, 1.82) is 0 Å². The first-order chi connectivity index (χ1) is 14.4. The third-order valence-corrected chi connectivity index (χ3v) is 4.40. The van der Waals surface area contributed by atoms with Crippen LogP contribution in [0, 0.1) is 5.41 Å². The van der Waals surface area contributed by atoms with Gasteiger partial charge in [-0.15, -0.1) is 0 Å². The largest absolute Gasteiger partial charge is 0.479 e. The van der Waals surface area contributed by atoms with E-state index in [0.29, 0.717) is 19.6 Å². The Morgan fingerprint density at radius 2 is 1.68 bits per heavy atom. The van der Waals surface area contributed by atoms with Gasteiger partial charge in [0.05, 0.1) is 19.3 Å². The molecule has 1 aromatic carbocycles. The second kappa shape index (κ2) is 12.7. The molecule has 2 atom stereocenters. The van der Waals surface area contributed by atoms with Gasteiger partial charge in [0, 0.05) is 6.61 Å². The average Bonchev–Trinajstić information content (AvgIpc) is 2.62. The number of nitrogens with one attached hydrogen (secondary N) is 1. The number of unbranched alkanes of at least 4 members (excludes halogenated alkanes) is 1. The maximum atomic E-state index is 12.2. The fraction of sp³-hybridized carbons (Fsp3) is 0.667. The molecule has 0 fully saturated rings. The second-order valence-electron chi connectivity index (χ2n) is 9.79. The number of carboxylic acids is 1. The summed E-state index contributed by atoms with van der Waals surface area (Å²) < 4.78 is 16.7. The number of ether oxygens (including phenoxy) is 3. The highest BCUT2D eigenvalue weighted by molar-refractivity contribution is 5.73. The molecule has 7 nitrogen and oxygen atoms in total. The summed E-state index contributed by atoms with van der Waals surface area (Å²) in [4.78, 5) is 23.8. The number of alkyl carbamates (subject to hydrolysis) is 1. The molecule has 0 bridgehead atoms. The molecule has 0 spiro atoms. The highest BCUT2D eigenvalue weighted by Gasteiger charge is 2.33. The number of hydrogen-bond donors (Lipinski definition) is 2. The van der Waals surface area contributed by atoms with Gasteiger partial charge in [0.1, 0.15) is 5.60 Å². The van der Waals surface area contributed by atoms with Crippen LogP contribution >= 0.6 is 0 Å². The average molecular weight is 438 g/mol. The van der Waals surface area contributed by atoms with E-state index in [1.807, 2.05) is 51.1 Å². The normalized spacial score (nSPS) is 14.0. The first-order valence-corrected chi connectivity index (χ1v) is 10.8. The predicted octanol–water partition coefficient (Wildman–Crippen LogP) is 4.78. The summed E-state index contributed by atoms with van der Waals surface area (Å²) in [6, 6.07) is 9.62. The maximum absolute atomic E-state index is 12.2. The molecular formula is C24H39NO6. The lowest BCUT2D eigenvalue weighted by Crippen LogP contribution is -2.45. The SMILES string of the molecule is CC(C)(C)OC(=O)N[C@@H](CCCCOCc1ccccc1)COC(C(=O)O)C(C)(C)C. The zero-order valence-corrected chi connectivity index (χ0v) is 19.8. The molecule has 0 radical (unpaired) electrons. The summed E-state index contributed by atoms with van der Waals surface area (Å²) in [6.07, 6.45) is 0.741. The first kappa shape index (κ1) is 26.9. The van der Waals surface area contributed by atoms with E-state index in [1.54, 1.807) is 20.8 Å². The van der Waals surface area contributed by atoms with E-state index in [4.69, 9.17) is 14.2 Å². The van der Waals surface area contributed by atoms with E-state index in [0.717, 1.165) is 18.4 Å². The van der Waals surface area contributed by atoms with Crippen molar-refractivity contribution in [1.82, 2.24) is 5.32 Å². The fourth-order valence-electron chi connectivity index (χ4n) is 2.93. The van der Waals surface area contributed by atoms with Crippen molar-refractivity contribution in [3.8, 4) is 0 Å². The van der Waals surface area contributed by atoms with Gasteiger partial charge in [-0.05, 0) is 51.0 Å². The van der Waals surface area contributed by atoms with E-state index in [-0.39, 0.29) is 12.6 Å². The van der Waals surface area contributed by atoms with Crippen LogP contribution in [-0.2, 0) is 25.6 Å². The lowest BCUT2D eigenvalue weighted by Gasteiger charge is -2.29. The van der Waals surface area contributed by atoms with Crippen LogP contribution in [0.4, 0.5) is 4.79 Å². The lowest BCUT2D eigenvalue weighted by atomic mass is 9.89. The first-order valence-electron chi connectivity index (χ1n) is 10.8. The minimum atomic E-state index is -1.02. The van der Waals surface area contributed by atoms with E-state index in [1.165, 1.54) is 0 Å². The minimum absolute atomic E-state index is 0.0956. The van der Waals surface area contributed by atoms with Crippen LogP contribution in [0.15, 0.2) is 30.3 Å². The molecule has 1 rings (SSSR count). The van der Waals surface area contributed by atoms with E-state index in [2.05, 4.69) is 5.32 Å². The monoisotopic (exact) mass is 437 g/mol. The summed E-state index contributed by atoms with van der Waals surface area (Å²) in [5, 5.41) is 12.3. The van der Waals surface area contributed by atoms with Gasteiger partial charge in [0.2, 0.25) is 0 Å². The van der Waals surface area contributed by atoms with Crippen LogP contribution in [0.3, 0.4) is 0 Å². The van der Waals surface area contributed by atoms with Gasteiger partial charge in [0.15, 0.2) is 6.10 Å². The van der Waals surface area contributed by atoms with E-state index < -0.39 is 29.2 Å². The molecule has 0 aliphatic rings. The molecule has 0 aromatic heterocycles. The highest BCUT2D eigenvalue weighted by Crippen LogP contribution is 2.23. The molecule has 7 heteroatoms. The van der Waals surface area contributed by atoms with Crippen LogP contribution in [0.25, 0.3) is 0 Å². The Bertz CT molecular complexity index is 663. The third kappa shape index (κ3) is 12.4. The number of amides is 1. The van der Waals surface area contributed by atoms with Gasteiger partial charge < -0.3 is 24.6 Å². The van der Waals surface area contributed by atoms with Crippen molar-refractivity contribution >= 4 is 12.1 Å². The van der Waals surface area contributed by atoms with Crippen molar-refractivity contribution in [2.75, 3.05) is 13.2 Å². The van der Waals surface area contributed by atoms with Crippen LogP contribution in [0.2, 0.25) is 0 Å². The van der Waals surface area contributed by atoms with Crippen molar-refractivity contribution in [3.63, 3.8) is 0 Å². The zero-order valence-electron chi connectivity index (χ0n) is 19.8. The number of carboxylic acid groups (broad SMARTS) is 1. The Labute approximate surface area is 186 Å². The number of benzene rings is 1. The van der Waals surface area contributed by atoms with Gasteiger partial charge in [0.25, 0.3) is 0 Å². The van der Waals surface area contributed by atoms with Gasteiger partial charge in [-0.25, -0.2) is 9.59 Å². The summed E-state index contributed by atoms with van der Waals surface area (Å²) >= 11 is 0. The van der Waals surface area contributed by atoms with Crippen molar-refractivity contribution in [3.05, 3.63) is 35.9 Å². The quantitative estimate of drug-likeness (QED) is 0.457. The fourth-order valence-corrected chi connectivity index (χ4v) is 2.93. The molecule has 31 heavy (non-hydrogen) atoms. The zero-order chi connectivity index (χ0) is 23.5. The summed E-state index contributed by atoms with van der Waals surface area (Å²) in [7, 11) is 0. The van der Waals surface area contributed by atoms with Gasteiger partial charge in [-0.1, -0.05) is 51.1 Å². The van der Waals surface area contributed by atoms with Gasteiger partial charge in [-0.2, -0.15) is 0 Å². The van der Waals surface area contributed by atoms with E-state index in [9.17, 15) is 14.7 Å². The van der Waals surface area contributed by atoms with Crippen LogP contribution in [0.5, 0.6) is 0 Å². The summed E-state index contributed by atoms with van der Waals surface area (Å²) in [5.41, 5.74) is -0.0501. The number of carbonyl (C=O) groups is 2. The van der Waals surface area contributed by atoms with Gasteiger partial charge >= 0.3 is 12.1 Å². The third-order valence-electron chi connectivity index (χ3n) is 4.40. The molecule has 1 unspecified atom stereocenters. The Kier molecular flexibility index (Phi) is 11.0. The number of hydrogen-bond acceptors (Lipinski definition) is 5. The molecule has 1 aromatic rings. The lowest BCUT2D eigenvalue weighted by molar-refractivity contribution is -0.158.